The highest BCUT2D eigenvalue weighted by Crippen LogP contribution is 2.11. The summed E-state index contributed by atoms with van der Waals surface area (Å²) in [6.45, 7) is 0. The summed E-state index contributed by atoms with van der Waals surface area (Å²) < 4.78 is 1.98. The fraction of sp³-hybridized carbons (Fsp3) is 0.100. The van der Waals surface area contributed by atoms with Gasteiger partial charge >= 0.3 is 11.7 Å². The second-order valence-electron chi connectivity index (χ2n) is 3.36. The Bertz CT molecular complexity index is 627. The molecule has 0 atom stereocenters. The lowest BCUT2D eigenvalue weighted by atomic mass is 10.3. The summed E-state index contributed by atoms with van der Waals surface area (Å²) in [5, 5.41) is 13.1. The van der Waals surface area contributed by atoms with Crippen molar-refractivity contribution in [2.75, 3.05) is 0 Å². The molecule has 6 nitrogen and oxygen atoms in total. The summed E-state index contributed by atoms with van der Waals surface area (Å²) in [7, 11) is 1.35. The van der Waals surface area contributed by atoms with Crippen molar-refractivity contribution >= 4 is 17.6 Å². The zero-order chi connectivity index (χ0) is 12.6. The van der Waals surface area contributed by atoms with Crippen LogP contribution in [0.15, 0.2) is 29.1 Å². The van der Waals surface area contributed by atoms with E-state index < -0.39 is 11.7 Å². The van der Waals surface area contributed by atoms with Gasteiger partial charge in [0.2, 0.25) is 5.82 Å². The van der Waals surface area contributed by atoms with Gasteiger partial charge in [-0.25, -0.2) is 9.59 Å². The van der Waals surface area contributed by atoms with Crippen molar-refractivity contribution in [3.05, 3.63) is 45.6 Å². The van der Waals surface area contributed by atoms with Crippen molar-refractivity contribution in [2.45, 2.75) is 0 Å². The van der Waals surface area contributed by atoms with E-state index in [4.69, 9.17) is 16.7 Å². The first kappa shape index (κ1) is 11.4. The third-order valence-electron chi connectivity index (χ3n) is 2.24. The lowest BCUT2D eigenvalue weighted by Crippen LogP contribution is -2.22. The second-order valence-corrected chi connectivity index (χ2v) is 3.80. The molecule has 0 aliphatic carbocycles. The molecule has 1 aromatic heterocycles. The second kappa shape index (κ2) is 4.06. The van der Waals surface area contributed by atoms with Gasteiger partial charge in [-0.2, -0.15) is 4.68 Å². The maximum atomic E-state index is 11.7. The zero-order valence-electron chi connectivity index (χ0n) is 8.79. The first-order chi connectivity index (χ1) is 8.00. The molecule has 1 heterocycles. The van der Waals surface area contributed by atoms with Crippen molar-refractivity contribution in [1.82, 2.24) is 14.3 Å². The van der Waals surface area contributed by atoms with Crippen LogP contribution in [0.5, 0.6) is 0 Å². The van der Waals surface area contributed by atoms with Crippen LogP contribution < -0.4 is 5.69 Å². The molecule has 2 rings (SSSR count). The van der Waals surface area contributed by atoms with E-state index in [2.05, 4.69) is 5.10 Å². The van der Waals surface area contributed by atoms with Gasteiger partial charge in [-0.3, -0.25) is 4.57 Å². The molecule has 0 fully saturated rings. The molecule has 2 aromatic rings. The van der Waals surface area contributed by atoms with Crippen LogP contribution in [0.4, 0.5) is 0 Å². The molecule has 7 heteroatoms. The predicted molar refractivity (Wildman–Crippen MR) is 60.8 cm³/mol. The van der Waals surface area contributed by atoms with E-state index in [1.54, 1.807) is 24.3 Å². The van der Waals surface area contributed by atoms with Crippen molar-refractivity contribution in [2.24, 2.45) is 7.05 Å². The number of hydrogen-bond acceptors (Lipinski definition) is 3. The average Bonchev–Trinajstić information content (AvgIpc) is 2.58. The maximum Gasteiger partial charge on any atom is 0.374 e. The maximum absolute atomic E-state index is 11.7. The van der Waals surface area contributed by atoms with Crippen LogP contribution in [-0.2, 0) is 7.05 Å². The molecule has 17 heavy (non-hydrogen) atoms. The molecule has 0 aliphatic heterocycles. The quantitative estimate of drug-likeness (QED) is 0.863. The third-order valence-corrected chi connectivity index (χ3v) is 2.50. The summed E-state index contributed by atoms with van der Waals surface area (Å²) in [6, 6.07) is 6.36. The number of carbonyl (C=O) groups is 1. The molecule has 88 valence electrons. The fourth-order valence-corrected chi connectivity index (χ4v) is 1.50. The van der Waals surface area contributed by atoms with Gasteiger partial charge in [0.05, 0.1) is 5.69 Å². The van der Waals surface area contributed by atoms with E-state index in [1.807, 2.05) is 0 Å². The van der Waals surface area contributed by atoms with E-state index in [0.717, 1.165) is 9.25 Å². The molecule has 0 radical (unpaired) electrons. The number of aromatic carboxylic acids is 1. The summed E-state index contributed by atoms with van der Waals surface area (Å²) in [5.41, 5.74) is -0.0628. The number of halogens is 1. The zero-order valence-corrected chi connectivity index (χ0v) is 9.55. The Labute approximate surface area is 101 Å². The minimum atomic E-state index is -1.25. The Morgan fingerprint density at radius 2 is 1.94 bits per heavy atom. The highest BCUT2D eigenvalue weighted by molar-refractivity contribution is 6.30. The van der Waals surface area contributed by atoms with Gasteiger partial charge in [0.25, 0.3) is 0 Å². The lowest BCUT2D eigenvalue weighted by molar-refractivity contribution is 0.0678. The molecule has 0 unspecified atom stereocenters. The first-order valence-electron chi connectivity index (χ1n) is 4.66. The van der Waals surface area contributed by atoms with Crippen molar-refractivity contribution in [1.29, 1.82) is 0 Å². The van der Waals surface area contributed by atoms with Crippen molar-refractivity contribution in [3.63, 3.8) is 0 Å². The molecule has 0 bridgehead atoms. The smallest absolute Gasteiger partial charge is 0.374 e. The summed E-state index contributed by atoms with van der Waals surface area (Å²) in [4.78, 5) is 22.6. The number of rotatable bonds is 2. The van der Waals surface area contributed by atoms with Crippen LogP contribution in [0.1, 0.15) is 10.6 Å². The monoisotopic (exact) mass is 253 g/mol. The van der Waals surface area contributed by atoms with Gasteiger partial charge in [0.1, 0.15) is 0 Å². The number of nitrogens with zero attached hydrogens (tertiary/aromatic N) is 3. The Morgan fingerprint density at radius 1 is 1.35 bits per heavy atom. The van der Waals surface area contributed by atoms with E-state index in [1.165, 1.54) is 7.05 Å². The van der Waals surface area contributed by atoms with Gasteiger partial charge in [-0.15, -0.1) is 5.10 Å². The topological polar surface area (TPSA) is 77.1 Å². The molecule has 0 saturated carbocycles. The van der Waals surface area contributed by atoms with Crippen molar-refractivity contribution in [3.8, 4) is 5.69 Å². The van der Waals surface area contributed by atoms with E-state index in [9.17, 15) is 9.59 Å². The molecule has 0 spiro atoms. The molecule has 0 saturated heterocycles. The van der Waals surface area contributed by atoms with E-state index in [-0.39, 0.29) is 5.82 Å². The lowest BCUT2D eigenvalue weighted by Gasteiger charge is -1.98. The van der Waals surface area contributed by atoms with Crippen LogP contribution in [0.2, 0.25) is 5.02 Å². The highest BCUT2D eigenvalue weighted by atomic mass is 35.5. The minimum absolute atomic E-state index is 0.315. The molecule has 1 N–H and O–H groups in total. The molecule has 1 aromatic carbocycles. The Morgan fingerprint density at radius 3 is 2.41 bits per heavy atom. The standard InChI is InChI=1S/C10H8ClN3O3/c1-13-8(9(15)16)12-14(10(13)17)7-4-2-6(11)3-5-7/h2-5H,1H3,(H,15,16). The number of carboxylic acids is 1. The van der Waals surface area contributed by atoms with Crippen LogP contribution >= 0.6 is 11.6 Å². The van der Waals surface area contributed by atoms with Crippen LogP contribution in [0.3, 0.4) is 0 Å². The van der Waals surface area contributed by atoms with E-state index >= 15 is 0 Å². The average molecular weight is 254 g/mol. The first-order valence-corrected chi connectivity index (χ1v) is 5.04. The Hall–Kier alpha value is -2.08. The summed E-state index contributed by atoms with van der Waals surface area (Å²) in [5.74, 6) is -1.57. The van der Waals surface area contributed by atoms with Crippen LogP contribution in [0.25, 0.3) is 5.69 Å². The number of aromatic nitrogens is 3. The van der Waals surface area contributed by atoms with Crippen LogP contribution in [-0.4, -0.2) is 25.4 Å². The van der Waals surface area contributed by atoms with Crippen LogP contribution in [0, 0.1) is 0 Å². The molecule has 0 amide bonds. The molecule has 0 aliphatic rings. The number of benzene rings is 1. The summed E-state index contributed by atoms with van der Waals surface area (Å²) >= 11 is 5.72. The van der Waals surface area contributed by atoms with E-state index in [0.29, 0.717) is 10.7 Å². The highest BCUT2D eigenvalue weighted by Gasteiger charge is 2.16. The normalized spacial score (nSPS) is 10.5. The Balaban J connectivity index is 2.61. The largest absolute Gasteiger partial charge is 0.475 e. The summed E-state index contributed by atoms with van der Waals surface area (Å²) in [6.07, 6.45) is 0. The Kier molecular flexibility index (Phi) is 2.72. The molecular formula is C10H8ClN3O3. The fourth-order valence-electron chi connectivity index (χ4n) is 1.37. The van der Waals surface area contributed by atoms with Gasteiger partial charge in [0.15, 0.2) is 0 Å². The number of hydrogen-bond donors (Lipinski definition) is 1. The molecular weight excluding hydrogens is 246 g/mol. The van der Waals surface area contributed by atoms with Crippen molar-refractivity contribution < 1.29 is 9.90 Å². The number of carboxylic acid groups (broad SMARTS) is 1. The SMILES string of the molecule is Cn1c(C(=O)O)nn(-c2ccc(Cl)cc2)c1=O. The minimum Gasteiger partial charge on any atom is -0.475 e. The third kappa shape index (κ3) is 1.94. The van der Waals surface area contributed by atoms with Gasteiger partial charge < -0.3 is 5.11 Å². The van der Waals surface area contributed by atoms with Gasteiger partial charge in [-0.1, -0.05) is 11.6 Å². The predicted octanol–water partition coefficient (Wildman–Crippen LogP) is 0.923. The van der Waals surface area contributed by atoms with Gasteiger partial charge in [0, 0.05) is 12.1 Å². The van der Waals surface area contributed by atoms with Gasteiger partial charge in [-0.05, 0) is 24.3 Å².